The van der Waals surface area contributed by atoms with Gasteiger partial charge < -0.3 is 15.5 Å². The molecule has 0 saturated carbocycles. The lowest BCUT2D eigenvalue weighted by Crippen LogP contribution is -2.41. The number of urea groups is 1. The van der Waals surface area contributed by atoms with E-state index in [2.05, 4.69) is 36.5 Å². The standard InChI is InChI=1S/C22H31ClFN5O2/c1-8-28(20(31)25-14-9-10-16(24)15(23)11-14)13-19(30)26-18-12-17(21(2,3)4)27-29(18)22(5,6)7/h9-12H,8,13H2,1-7H3,(H,25,31)(H,26,30). The molecule has 1 heterocycles. The van der Waals surface area contributed by atoms with Crippen LogP contribution in [0.25, 0.3) is 0 Å². The predicted octanol–water partition coefficient (Wildman–Crippen LogP) is 5.22. The van der Waals surface area contributed by atoms with Crippen LogP contribution >= 0.6 is 11.6 Å². The third-order valence-corrected chi connectivity index (χ3v) is 4.84. The first-order valence-electron chi connectivity index (χ1n) is 10.1. The summed E-state index contributed by atoms with van der Waals surface area (Å²) in [4.78, 5) is 26.6. The number of nitrogens with one attached hydrogen (secondary N) is 2. The lowest BCUT2D eigenvalue weighted by Gasteiger charge is -2.24. The lowest BCUT2D eigenvalue weighted by atomic mass is 9.92. The minimum Gasteiger partial charge on any atom is -0.315 e. The van der Waals surface area contributed by atoms with E-state index < -0.39 is 11.8 Å². The monoisotopic (exact) mass is 451 g/mol. The Balaban J connectivity index is 2.13. The number of hydrogen-bond donors (Lipinski definition) is 2. The summed E-state index contributed by atoms with van der Waals surface area (Å²) in [5, 5.41) is 10.1. The van der Waals surface area contributed by atoms with E-state index in [9.17, 15) is 14.0 Å². The predicted molar refractivity (Wildman–Crippen MR) is 122 cm³/mol. The van der Waals surface area contributed by atoms with Crippen molar-refractivity contribution >= 4 is 35.0 Å². The fourth-order valence-electron chi connectivity index (χ4n) is 2.81. The quantitative estimate of drug-likeness (QED) is 0.654. The first-order chi connectivity index (χ1) is 14.2. The Morgan fingerprint density at radius 3 is 2.29 bits per heavy atom. The molecule has 0 aliphatic carbocycles. The van der Waals surface area contributed by atoms with Crippen LogP contribution in [0.2, 0.25) is 5.02 Å². The maximum atomic E-state index is 13.3. The van der Waals surface area contributed by atoms with Crippen LogP contribution in [0.1, 0.15) is 54.2 Å². The van der Waals surface area contributed by atoms with Gasteiger partial charge in [0.25, 0.3) is 0 Å². The minimum atomic E-state index is -0.573. The van der Waals surface area contributed by atoms with E-state index in [1.165, 1.54) is 23.1 Å². The molecule has 2 rings (SSSR count). The smallest absolute Gasteiger partial charge is 0.315 e. The van der Waals surface area contributed by atoms with Crippen LogP contribution in [0.15, 0.2) is 24.3 Å². The number of nitrogens with zero attached hydrogens (tertiary/aromatic N) is 3. The van der Waals surface area contributed by atoms with Crippen molar-refractivity contribution in [1.82, 2.24) is 14.7 Å². The molecule has 2 aromatic rings. The third-order valence-electron chi connectivity index (χ3n) is 4.55. The van der Waals surface area contributed by atoms with Crippen molar-refractivity contribution in [2.75, 3.05) is 23.7 Å². The second-order valence-corrected chi connectivity index (χ2v) is 9.78. The van der Waals surface area contributed by atoms with Crippen molar-refractivity contribution in [1.29, 1.82) is 0 Å². The second-order valence-electron chi connectivity index (χ2n) is 9.37. The number of rotatable bonds is 5. The van der Waals surface area contributed by atoms with Gasteiger partial charge in [0.15, 0.2) is 0 Å². The number of carbonyl (C=O) groups is 2. The molecule has 1 aromatic heterocycles. The number of amides is 3. The van der Waals surface area contributed by atoms with Crippen molar-refractivity contribution in [2.45, 2.75) is 59.4 Å². The summed E-state index contributed by atoms with van der Waals surface area (Å²) >= 11 is 5.76. The molecule has 0 radical (unpaired) electrons. The summed E-state index contributed by atoms with van der Waals surface area (Å²) < 4.78 is 15.1. The minimum absolute atomic E-state index is 0.0938. The molecule has 0 aliphatic heterocycles. The Morgan fingerprint density at radius 1 is 1.13 bits per heavy atom. The molecule has 0 spiro atoms. The molecular weight excluding hydrogens is 421 g/mol. The number of benzene rings is 1. The normalized spacial score (nSPS) is 11.9. The molecule has 0 unspecified atom stereocenters. The Morgan fingerprint density at radius 2 is 1.77 bits per heavy atom. The van der Waals surface area contributed by atoms with E-state index in [0.29, 0.717) is 18.1 Å². The molecule has 170 valence electrons. The van der Waals surface area contributed by atoms with Gasteiger partial charge in [-0.1, -0.05) is 32.4 Å². The Hall–Kier alpha value is -2.61. The summed E-state index contributed by atoms with van der Waals surface area (Å²) in [5.41, 5.74) is 0.684. The Kier molecular flexibility index (Phi) is 7.36. The highest BCUT2D eigenvalue weighted by molar-refractivity contribution is 6.31. The molecule has 3 amide bonds. The van der Waals surface area contributed by atoms with Crippen molar-refractivity contribution < 1.29 is 14.0 Å². The Bertz CT molecular complexity index is 960. The first-order valence-corrected chi connectivity index (χ1v) is 10.5. The molecule has 0 atom stereocenters. The van der Waals surface area contributed by atoms with Gasteiger partial charge in [-0.2, -0.15) is 5.10 Å². The average Bonchev–Trinajstić information content (AvgIpc) is 3.07. The van der Waals surface area contributed by atoms with Crippen LogP contribution in [0.5, 0.6) is 0 Å². The van der Waals surface area contributed by atoms with Crippen LogP contribution in [-0.4, -0.2) is 39.7 Å². The third kappa shape index (κ3) is 6.43. The van der Waals surface area contributed by atoms with Gasteiger partial charge in [0.2, 0.25) is 5.91 Å². The Labute approximate surface area is 187 Å². The fraction of sp³-hybridized carbons (Fsp3) is 0.500. The van der Waals surface area contributed by atoms with Crippen LogP contribution in [0.4, 0.5) is 20.7 Å². The lowest BCUT2D eigenvalue weighted by molar-refractivity contribution is -0.116. The molecule has 0 saturated heterocycles. The summed E-state index contributed by atoms with van der Waals surface area (Å²) in [6.45, 7) is 14.1. The zero-order valence-electron chi connectivity index (χ0n) is 19.1. The highest BCUT2D eigenvalue weighted by atomic mass is 35.5. The van der Waals surface area contributed by atoms with Crippen LogP contribution in [0.3, 0.4) is 0 Å². The molecule has 2 N–H and O–H groups in total. The SMILES string of the molecule is CCN(CC(=O)Nc1cc(C(C)(C)C)nn1C(C)(C)C)C(=O)Nc1ccc(F)c(Cl)c1. The second kappa shape index (κ2) is 9.26. The number of carbonyl (C=O) groups excluding carboxylic acids is 2. The van der Waals surface area contributed by atoms with Crippen molar-refractivity contribution in [3.63, 3.8) is 0 Å². The van der Waals surface area contributed by atoms with E-state index in [-0.39, 0.29) is 28.4 Å². The van der Waals surface area contributed by atoms with E-state index in [1.807, 2.05) is 26.8 Å². The average molecular weight is 452 g/mol. The van der Waals surface area contributed by atoms with Crippen molar-refractivity contribution in [2.24, 2.45) is 0 Å². The molecule has 1 aromatic carbocycles. The maximum absolute atomic E-state index is 13.3. The molecule has 9 heteroatoms. The summed E-state index contributed by atoms with van der Waals surface area (Å²) in [5.74, 6) is -0.347. The number of likely N-dealkylation sites (N-methyl/N-ethyl adjacent to an activating group) is 1. The van der Waals surface area contributed by atoms with Gasteiger partial charge >= 0.3 is 6.03 Å². The summed E-state index contributed by atoms with van der Waals surface area (Å²) in [7, 11) is 0. The summed E-state index contributed by atoms with van der Waals surface area (Å²) in [6.07, 6.45) is 0. The summed E-state index contributed by atoms with van der Waals surface area (Å²) in [6, 6.07) is 5.27. The van der Waals surface area contributed by atoms with Crippen LogP contribution in [-0.2, 0) is 15.7 Å². The number of anilines is 2. The highest BCUT2D eigenvalue weighted by Gasteiger charge is 2.26. The van der Waals surface area contributed by atoms with Gasteiger partial charge in [-0.05, 0) is 45.9 Å². The van der Waals surface area contributed by atoms with Gasteiger partial charge in [0, 0.05) is 23.7 Å². The molecule has 0 aliphatic rings. The zero-order valence-corrected chi connectivity index (χ0v) is 19.9. The largest absolute Gasteiger partial charge is 0.322 e. The number of hydrogen-bond acceptors (Lipinski definition) is 3. The van der Waals surface area contributed by atoms with E-state index in [1.54, 1.807) is 11.6 Å². The maximum Gasteiger partial charge on any atom is 0.322 e. The molecule has 31 heavy (non-hydrogen) atoms. The van der Waals surface area contributed by atoms with Gasteiger partial charge in [-0.3, -0.25) is 4.79 Å². The van der Waals surface area contributed by atoms with Crippen molar-refractivity contribution in [3.8, 4) is 0 Å². The topological polar surface area (TPSA) is 79.3 Å². The van der Waals surface area contributed by atoms with Crippen molar-refractivity contribution in [3.05, 3.63) is 40.8 Å². The van der Waals surface area contributed by atoms with Gasteiger partial charge in [0.1, 0.15) is 18.2 Å². The van der Waals surface area contributed by atoms with Crippen LogP contribution in [0, 0.1) is 5.82 Å². The molecular formula is C22H31ClFN5O2. The fourth-order valence-corrected chi connectivity index (χ4v) is 2.99. The van der Waals surface area contributed by atoms with Crippen LogP contribution < -0.4 is 10.6 Å². The van der Waals surface area contributed by atoms with E-state index >= 15 is 0 Å². The molecule has 7 nitrogen and oxygen atoms in total. The first kappa shape index (κ1) is 24.7. The number of halogens is 2. The van der Waals surface area contributed by atoms with E-state index in [0.717, 1.165) is 5.69 Å². The molecule has 0 bridgehead atoms. The number of aromatic nitrogens is 2. The van der Waals surface area contributed by atoms with Gasteiger partial charge in [-0.25, -0.2) is 13.9 Å². The van der Waals surface area contributed by atoms with Gasteiger partial charge in [0.05, 0.1) is 16.3 Å². The van der Waals surface area contributed by atoms with E-state index in [4.69, 9.17) is 11.6 Å². The molecule has 0 fully saturated rings. The zero-order chi connectivity index (χ0) is 23.6. The van der Waals surface area contributed by atoms with Gasteiger partial charge in [-0.15, -0.1) is 0 Å². The highest BCUT2D eigenvalue weighted by Crippen LogP contribution is 2.28.